The van der Waals surface area contributed by atoms with Gasteiger partial charge in [-0.3, -0.25) is 4.79 Å². The fourth-order valence-corrected chi connectivity index (χ4v) is 5.03. The van der Waals surface area contributed by atoms with E-state index in [9.17, 15) is 14.3 Å². The SMILES string of the molecule is N#Cc1ccc(F)c(N2CCC3(CC2)CCN(C2CCC(O)CC2)C3=O)c1. The van der Waals surface area contributed by atoms with Gasteiger partial charge in [0.1, 0.15) is 5.82 Å². The number of aliphatic hydroxyl groups is 1. The zero-order chi connectivity index (χ0) is 19.0. The topological polar surface area (TPSA) is 67.6 Å². The number of carbonyl (C=O) groups is 1. The smallest absolute Gasteiger partial charge is 0.229 e. The van der Waals surface area contributed by atoms with Crippen molar-refractivity contribution in [2.45, 2.75) is 57.1 Å². The number of halogens is 1. The van der Waals surface area contributed by atoms with E-state index in [2.05, 4.69) is 11.0 Å². The van der Waals surface area contributed by atoms with E-state index in [1.165, 1.54) is 12.1 Å². The molecule has 1 aromatic carbocycles. The maximum atomic E-state index is 14.2. The molecule has 1 aromatic rings. The molecule has 0 aromatic heterocycles. The van der Waals surface area contributed by atoms with Crippen LogP contribution >= 0.6 is 0 Å². The van der Waals surface area contributed by atoms with Crippen LogP contribution in [0.25, 0.3) is 0 Å². The van der Waals surface area contributed by atoms with Crippen LogP contribution in [0.4, 0.5) is 10.1 Å². The summed E-state index contributed by atoms with van der Waals surface area (Å²) in [6, 6.07) is 6.77. The normalized spacial score (nSPS) is 27.8. The van der Waals surface area contributed by atoms with E-state index in [1.807, 2.05) is 4.90 Å². The number of rotatable bonds is 2. The molecule has 27 heavy (non-hydrogen) atoms. The first kappa shape index (κ1) is 18.2. The molecule has 2 aliphatic heterocycles. The van der Waals surface area contributed by atoms with Crippen LogP contribution in [0.15, 0.2) is 18.2 Å². The number of aliphatic hydroxyl groups excluding tert-OH is 1. The van der Waals surface area contributed by atoms with Crippen LogP contribution in [0.5, 0.6) is 0 Å². The number of likely N-dealkylation sites (tertiary alicyclic amines) is 1. The Morgan fingerprint density at radius 2 is 1.78 bits per heavy atom. The van der Waals surface area contributed by atoms with Crippen molar-refractivity contribution < 1.29 is 14.3 Å². The lowest BCUT2D eigenvalue weighted by molar-refractivity contribution is -0.139. The molecule has 0 unspecified atom stereocenters. The van der Waals surface area contributed by atoms with Gasteiger partial charge < -0.3 is 14.9 Å². The number of carbonyl (C=O) groups excluding carboxylic acids is 1. The van der Waals surface area contributed by atoms with Gasteiger partial charge in [-0.05, 0) is 63.1 Å². The molecule has 144 valence electrons. The summed E-state index contributed by atoms with van der Waals surface area (Å²) < 4.78 is 14.2. The molecule has 4 rings (SSSR count). The molecule has 0 bridgehead atoms. The summed E-state index contributed by atoms with van der Waals surface area (Å²) in [6.45, 7) is 2.07. The second-order valence-electron chi connectivity index (χ2n) is 8.26. The molecule has 6 heteroatoms. The molecule has 1 saturated carbocycles. The number of hydrogen-bond donors (Lipinski definition) is 1. The first-order chi connectivity index (χ1) is 13.0. The van der Waals surface area contributed by atoms with Gasteiger partial charge in [-0.15, -0.1) is 0 Å². The summed E-state index contributed by atoms with van der Waals surface area (Å²) in [6.07, 6.45) is 5.47. The highest BCUT2D eigenvalue weighted by Gasteiger charge is 2.50. The molecular weight excluding hydrogens is 345 g/mol. The van der Waals surface area contributed by atoms with Crippen molar-refractivity contribution >= 4 is 11.6 Å². The van der Waals surface area contributed by atoms with E-state index in [0.29, 0.717) is 24.3 Å². The van der Waals surface area contributed by atoms with Gasteiger partial charge >= 0.3 is 0 Å². The summed E-state index contributed by atoms with van der Waals surface area (Å²) in [4.78, 5) is 17.2. The molecule has 3 fully saturated rings. The van der Waals surface area contributed by atoms with Crippen molar-refractivity contribution in [3.63, 3.8) is 0 Å². The molecule has 1 spiro atoms. The zero-order valence-electron chi connectivity index (χ0n) is 15.5. The van der Waals surface area contributed by atoms with Gasteiger partial charge in [-0.25, -0.2) is 4.39 Å². The van der Waals surface area contributed by atoms with Gasteiger partial charge in [0.25, 0.3) is 0 Å². The summed E-state index contributed by atoms with van der Waals surface area (Å²) >= 11 is 0. The predicted molar refractivity (Wildman–Crippen MR) is 99.6 cm³/mol. The largest absolute Gasteiger partial charge is 0.393 e. The summed E-state index contributed by atoms with van der Waals surface area (Å²) in [5.74, 6) is -0.0557. The molecular formula is C21H26FN3O2. The lowest BCUT2D eigenvalue weighted by atomic mass is 9.77. The molecule has 5 nitrogen and oxygen atoms in total. The van der Waals surface area contributed by atoms with E-state index < -0.39 is 0 Å². The van der Waals surface area contributed by atoms with Crippen LogP contribution in [0.3, 0.4) is 0 Å². The Balaban J connectivity index is 1.43. The lowest BCUT2D eigenvalue weighted by Crippen LogP contribution is -2.47. The molecule has 0 radical (unpaired) electrons. The van der Waals surface area contributed by atoms with Crippen LogP contribution < -0.4 is 4.90 Å². The van der Waals surface area contributed by atoms with Crippen molar-refractivity contribution in [1.82, 2.24) is 4.90 Å². The number of benzene rings is 1. The average Bonchev–Trinajstić information content (AvgIpc) is 3.00. The molecule has 1 N–H and O–H groups in total. The summed E-state index contributed by atoms with van der Waals surface area (Å²) in [7, 11) is 0. The van der Waals surface area contributed by atoms with Crippen molar-refractivity contribution in [3.8, 4) is 6.07 Å². The number of anilines is 1. The Morgan fingerprint density at radius 3 is 2.44 bits per heavy atom. The van der Waals surface area contributed by atoms with E-state index >= 15 is 0 Å². The van der Waals surface area contributed by atoms with E-state index in [1.54, 1.807) is 6.07 Å². The first-order valence-electron chi connectivity index (χ1n) is 9.96. The predicted octanol–water partition coefficient (Wildman–Crippen LogP) is 2.82. The molecule has 1 amide bonds. The van der Waals surface area contributed by atoms with Crippen LogP contribution in [0, 0.1) is 22.6 Å². The number of nitriles is 1. The summed E-state index contributed by atoms with van der Waals surface area (Å²) in [5.41, 5.74) is 0.609. The number of nitrogens with zero attached hydrogens (tertiary/aromatic N) is 3. The highest BCUT2D eigenvalue weighted by molar-refractivity contribution is 5.85. The minimum absolute atomic E-state index is 0.213. The number of piperidine rings is 1. The Morgan fingerprint density at radius 1 is 1.11 bits per heavy atom. The minimum atomic E-state index is -0.315. The van der Waals surface area contributed by atoms with Crippen LogP contribution in [0.1, 0.15) is 50.5 Å². The highest BCUT2D eigenvalue weighted by atomic mass is 19.1. The third-order valence-corrected chi connectivity index (χ3v) is 6.79. The Labute approximate surface area is 159 Å². The standard InChI is InChI=1S/C21H26FN3O2/c22-18-6-1-15(14-23)13-19(18)24-10-7-21(8-11-24)9-12-25(20(21)27)16-2-4-17(26)5-3-16/h1,6,13,16-17,26H,2-5,7-12H2. The Hall–Kier alpha value is -2.13. The van der Waals surface area contributed by atoms with Gasteiger partial charge in [-0.2, -0.15) is 5.26 Å². The minimum Gasteiger partial charge on any atom is -0.393 e. The summed E-state index contributed by atoms with van der Waals surface area (Å²) in [5, 5.41) is 18.8. The molecule has 1 aliphatic carbocycles. The quantitative estimate of drug-likeness (QED) is 0.868. The van der Waals surface area contributed by atoms with E-state index in [-0.39, 0.29) is 29.3 Å². The van der Waals surface area contributed by atoms with Gasteiger partial charge in [0.05, 0.1) is 28.8 Å². The van der Waals surface area contributed by atoms with Gasteiger partial charge in [0.2, 0.25) is 5.91 Å². The monoisotopic (exact) mass is 371 g/mol. The molecule has 2 saturated heterocycles. The maximum absolute atomic E-state index is 14.2. The fourth-order valence-electron chi connectivity index (χ4n) is 5.03. The first-order valence-corrected chi connectivity index (χ1v) is 9.96. The Kier molecular flexibility index (Phi) is 4.81. The van der Waals surface area contributed by atoms with Crippen molar-refractivity contribution in [2.75, 3.05) is 24.5 Å². The van der Waals surface area contributed by atoms with Gasteiger partial charge in [0, 0.05) is 25.7 Å². The Bertz CT molecular complexity index is 759. The van der Waals surface area contributed by atoms with Crippen LogP contribution in [-0.4, -0.2) is 47.7 Å². The number of hydrogen-bond acceptors (Lipinski definition) is 4. The zero-order valence-corrected chi connectivity index (χ0v) is 15.5. The van der Waals surface area contributed by atoms with Gasteiger partial charge in [0.15, 0.2) is 0 Å². The third-order valence-electron chi connectivity index (χ3n) is 6.79. The number of amides is 1. The fraction of sp³-hybridized carbons (Fsp3) is 0.619. The second kappa shape index (κ2) is 7.12. The molecule has 0 atom stereocenters. The van der Waals surface area contributed by atoms with Crippen LogP contribution in [-0.2, 0) is 4.79 Å². The third kappa shape index (κ3) is 3.29. The lowest BCUT2D eigenvalue weighted by Gasteiger charge is -2.40. The van der Waals surface area contributed by atoms with Crippen molar-refractivity contribution in [1.29, 1.82) is 5.26 Å². The van der Waals surface area contributed by atoms with Crippen LogP contribution in [0.2, 0.25) is 0 Å². The molecule has 2 heterocycles. The van der Waals surface area contributed by atoms with E-state index in [4.69, 9.17) is 5.26 Å². The van der Waals surface area contributed by atoms with Crippen molar-refractivity contribution in [2.24, 2.45) is 5.41 Å². The molecule has 3 aliphatic rings. The maximum Gasteiger partial charge on any atom is 0.229 e. The van der Waals surface area contributed by atoms with Gasteiger partial charge in [-0.1, -0.05) is 0 Å². The highest BCUT2D eigenvalue weighted by Crippen LogP contribution is 2.44. The van der Waals surface area contributed by atoms with E-state index in [0.717, 1.165) is 51.5 Å². The average molecular weight is 371 g/mol. The second-order valence-corrected chi connectivity index (χ2v) is 8.26. The van der Waals surface area contributed by atoms with Crippen molar-refractivity contribution in [3.05, 3.63) is 29.6 Å².